The van der Waals surface area contributed by atoms with Crippen LogP contribution in [-0.4, -0.2) is 46.8 Å². The van der Waals surface area contributed by atoms with Crippen LogP contribution in [0.3, 0.4) is 0 Å². The van der Waals surface area contributed by atoms with Crippen molar-refractivity contribution in [2.75, 3.05) is 18.8 Å². The number of hydrogen-bond acceptors (Lipinski definition) is 5. The highest BCUT2D eigenvalue weighted by molar-refractivity contribution is 7.99. The van der Waals surface area contributed by atoms with E-state index < -0.39 is 0 Å². The van der Waals surface area contributed by atoms with Crippen LogP contribution in [0.1, 0.15) is 13.8 Å². The minimum Gasteiger partial charge on any atom is -0.431 e. The molecule has 6 heteroatoms. The maximum Gasteiger partial charge on any atom is 0.257 e. The summed E-state index contributed by atoms with van der Waals surface area (Å²) in [5.41, 5.74) is 2.75. The summed E-state index contributed by atoms with van der Waals surface area (Å²) in [5, 5.41) is 0.505. The fourth-order valence-corrected chi connectivity index (χ4v) is 4.26. The fourth-order valence-electron chi connectivity index (χ4n) is 3.54. The van der Waals surface area contributed by atoms with Crippen molar-refractivity contribution in [3.05, 3.63) is 60.7 Å². The molecule has 0 radical (unpaired) electrons. The van der Waals surface area contributed by atoms with Crippen LogP contribution in [0.4, 0.5) is 0 Å². The van der Waals surface area contributed by atoms with Crippen molar-refractivity contribution in [3.8, 4) is 22.6 Å². The van der Waals surface area contributed by atoms with Crippen molar-refractivity contribution < 1.29 is 13.9 Å². The molecule has 2 aromatic carbocycles. The molecule has 1 fully saturated rings. The highest BCUT2D eigenvalue weighted by atomic mass is 32.2. The van der Waals surface area contributed by atoms with Crippen molar-refractivity contribution in [3.63, 3.8) is 0 Å². The van der Waals surface area contributed by atoms with Crippen LogP contribution in [0, 0.1) is 0 Å². The Bertz CT molecular complexity index is 892. The number of hydrogen-bond donors (Lipinski definition) is 0. The lowest BCUT2D eigenvalue weighted by Gasteiger charge is -2.35. The summed E-state index contributed by atoms with van der Waals surface area (Å²) < 4.78 is 11.8. The first-order valence-corrected chi connectivity index (χ1v) is 10.8. The molecule has 0 aliphatic carbocycles. The average Bonchev–Trinajstić information content (AvgIpc) is 3.17. The second-order valence-corrected chi connectivity index (χ2v) is 8.16. The number of thioether (sulfide) groups is 1. The average molecular weight is 409 g/mol. The molecule has 29 heavy (non-hydrogen) atoms. The molecular weight excluding hydrogens is 384 g/mol. The predicted octanol–water partition coefficient (Wildman–Crippen LogP) is 4.74. The van der Waals surface area contributed by atoms with Crippen LogP contribution in [0.25, 0.3) is 22.6 Å². The molecule has 150 valence electrons. The van der Waals surface area contributed by atoms with Gasteiger partial charge in [0.1, 0.15) is 5.69 Å². The lowest BCUT2D eigenvalue weighted by molar-refractivity contribution is -0.140. The molecule has 0 spiro atoms. The lowest BCUT2D eigenvalue weighted by Crippen LogP contribution is -2.48. The van der Waals surface area contributed by atoms with E-state index in [1.807, 2.05) is 79.4 Å². The van der Waals surface area contributed by atoms with Crippen LogP contribution in [0.15, 0.2) is 70.3 Å². The molecule has 0 bridgehead atoms. The smallest absolute Gasteiger partial charge is 0.257 e. The molecule has 1 saturated heterocycles. The van der Waals surface area contributed by atoms with Crippen LogP contribution >= 0.6 is 11.8 Å². The molecule has 1 aromatic heterocycles. The molecular formula is C23H24N2O3S. The predicted molar refractivity (Wildman–Crippen MR) is 115 cm³/mol. The van der Waals surface area contributed by atoms with E-state index >= 15 is 0 Å². The summed E-state index contributed by atoms with van der Waals surface area (Å²) in [6.07, 6.45) is 0.118. The summed E-state index contributed by atoms with van der Waals surface area (Å²) in [5.74, 6) is 1.10. The van der Waals surface area contributed by atoms with Gasteiger partial charge >= 0.3 is 0 Å². The van der Waals surface area contributed by atoms with E-state index in [2.05, 4.69) is 0 Å². The van der Waals surface area contributed by atoms with E-state index in [4.69, 9.17) is 14.1 Å². The number of carbonyl (C=O) groups excluding carboxylic acids is 1. The van der Waals surface area contributed by atoms with Crippen molar-refractivity contribution in [1.82, 2.24) is 9.88 Å². The van der Waals surface area contributed by atoms with E-state index in [9.17, 15) is 4.79 Å². The zero-order chi connectivity index (χ0) is 20.2. The van der Waals surface area contributed by atoms with Gasteiger partial charge in [-0.05, 0) is 13.8 Å². The first-order chi connectivity index (χ1) is 14.1. The number of aromatic nitrogens is 1. The van der Waals surface area contributed by atoms with Crippen molar-refractivity contribution in [2.24, 2.45) is 0 Å². The Hall–Kier alpha value is -2.57. The summed E-state index contributed by atoms with van der Waals surface area (Å²) in [6, 6.07) is 19.9. The van der Waals surface area contributed by atoms with Gasteiger partial charge in [0, 0.05) is 24.2 Å². The molecule has 2 heterocycles. The van der Waals surface area contributed by atoms with Crippen LogP contribution in [0.5, 0.6) is 0 Å². The molecule has 1 aliphatic rings. The standard InChI is InChI=1S/C23H24N2O3S/c1-16-13-25(14-17(2)27-16)20(26)15-29-23-24-21(18-9-5-3-6-10-18)22(28-23)19-11-7-4-8-12-19/h3-12,16-17H,13-15H2,1-2H3/t16-,17-/m1/s1. The molecule has 2 atom stereocenters. The zero-order valence-corrected chi connectivity index (χ0v) is 17.4. The molecule has 0 N–H and O–H groups in total. The molecule has 1 amide bonds. The minimum absolute atomic E-state index is 0.0591. The Labute approximate surface area is 175 Å². The number of ether oxygens (including phenoxy) is 1. The Morgan fingerprint density at radius 1 is 1.00 bits per heavy atom. The van der Waals surface area contributed by atoms with Crippen molar-refractivity contribution in [2.45, 2.75) is 31.3 Å². The molecule has 4 rings (SSSR count). The molecule has 5 nitrogen and oxygen atoms in total. The normalized spacial score (nSPS) is 19.3. The molecule has 3 aromatic rings. The van der Waals surface area contributed by atoms with Gasteiger partial charge in [-0.3, -0.25) is 4.79 Å². The number of benzene rings is 2. The third kappa shape index (κ3) is 4.71. The first-order valence-electron chi connectivity index (χ1n) is 9.78. The lowest BCUT2D eigenvalue weighted by atomic mass is 10.1. The van der Waals surface area contributed by atoms with Gasteiger partial charge in [0.05, 0.1) is 18.0 Å². The van der Waals surface area contributed by atoms with Crippen LogP contribution in [-0.2, 0) is 9.53 Å². The van der Waals surface area contributed by atoms with E-state index in [0.29, 0.717) is 24.1 Å². The van der Waals surface area contributed by atoms with Gasteiger partial charge in [0.15, 0.2) is 5.76 Å². The summed E-state index contributed by atoms with van der Waals surface area (Å²) in [4.78, 5) is 19.2. The Balaban J connectivity index is 1.54. The van der Waals surface area contributed by atoms with E-state index in [0.717, 1.165) is 22.6 Å². The zero-order valence-electron chi connectivity index (χ0n) is 16.6. The Morgan fingerprint density at radius 3 is 2.21 bits per heavy atom. The maximum atomic E-state index is 12.7. The highest BCUT2D eigenvalue weighted by Gasteiger charge is 2.26. The van der Waals surface area contributed by atoms with Gasteiger partial charge in [0.2, 0.25) is 5.91 Å². The third-order valence-electron chi connectivity index (χ3n) is 4.78. The highest BCUT2D eigenvalue weighted by Crippen LogP contribution is 2.35. The number of amides is 1. The monoisotopic (exact) mass is 408 g/mol. The van der Waals surface area contributed by atoms with Crippen molar-refractivity contribution >= 4 is 17.7 Å². The first kappa shape index (κ1) is 19.7. The maximum absolute atomic E-state index is 12.7. The quantitative estimate of drug-likeness (QED) is 0.571. The fraction of sp³-hybridized carbons (Fsp3) is 0.304. The number of carbonyl (C=O) groups is 1. The van der Waals surface area contributed by atoms with Crippen molar-refractivity contribution in [1.29, 1.82) is 0 Å². The second kappa shape index (κ2) is 8.84. The van der Waals surface area contributed by atoms with E-state index in [1.54, 1.807) is 0 Å². The summed E-state index contributed by atoms with van der Waals surface area (Å²) in [7, 11) is 0. The van der Waals surface area contributed by atoms with Crippen LogP contribution < -0.4 is 0 Å². The summed E-state index contributed by atoms with van der Waals surface area (Å²) in [6.45, 7) is 5.24. The van der Waals surface area contributed by atoms with Gasteiger partial charge in [0.25, 0.3) is 5.22 Å². The van der Waals surface area contributed by atoms with E-state index in [1.165, 1.54) is 11.8 Å². The Morgan fingerprint density at radius 2 is 1.59 bits per heavy atom. The molecule has 0 saturated carbocycles. The Kier molecular flexibility index (Phi) is 6.02. The van der Waals surface area contributed by atoms with Gasteiger partial charge < -0.3 is 14.1 Å². The van der Waals surface area contributed by atoms with Crippen LogP contribution in [0.2, 0.25) is 0 Å². The van der Waals surface area contributed by atoms with Gasteiger partial charge in [-0.15, -0.1) is 0 Å². The summed E-state index contributed by atoms with van der Waals surface area (Å²) >= 11 is 1.34. The van der Waals surface area contributed by atoms with Gasteiger partial charge in [-0.1, -0.05) is 72.4 Å². The van der Waals surface area contributed by atoms with Gasteiger partial charge in [-0.25, -0.2) is 4.98 Å². The van der Waals surface area contributed by atoms with E-state index in [-0.39, 0.29) is 18.1 Å². The number of rotatable bonds is 5. The molecule has 0 unspecified atom stereocenters. The minimum atomic E-state index is 0.0591. The largest absolute Gasteiger partial charge is 0.431 e. The topological polar surface area (TPSA) is 55.6 Å². The van der Waals surface area contributed by atoms with Gasteiger partial charge in [-0.2, -0.15) is 0 Å². The SMILES string of the molecule is C[C@@H]1CN(C(=O)CSc2nc(-c3ccccc3)c(-c3ccccc3)o2)C[C@@H](C)O1. The number of morpholine rings is 1. The second-order valence-electron chi connectivity index (χ2n) is 7.23. The number of nitrogens with zero attached hydrogens (tertiary/aromatic N) is 2. The number of oxazole rings is 1. The third-order valence-corrected chi connectivity index (χ3v) is 5.60. The molecule has 1 aliphatic heterocycles.